The Morgan fingerprint density at radius 2 is 2.00 bits per heavy atom. The van der Waals surface area contributed by atoms with Gasteiger partial charge in [-0.2, -0.15) is 0 Å². The van der Waals surface area contributed by atoms with Gasteiger partial charge in [0.2, 0.25) is 0 Å². The van der Waals surface area contributed by atoms with Crippen LogP contribution >= 0.6 is 0 Å². The molecule has 2 saturated heterocycles. The summed E-state index contributed by atoms with van der Waals surface area (Å²) < 4.78 is 5.77. The third-order valence-corrected chi connectivity index (χ3v) is 5.66. The van der Waals surface area contributed by atoms with Gasteiger partial charge in [0.05, 0.1) is 12.8 Å². The molecule has 2 atom stereocenters. The number of ether oxygens (including phenoxy) is 1. The number of anilines is 1. The van der Waals surface area contributed by atoms with E-state index in [4.69, 9.17) is 4.74 Å². The lowest BCUT2D eigenvalue weighted by Crippen LogP contribution is -2.40. The molecule has 5 nitrogen and oxygen atoms in total. The monoisotopic (exact) mass is 302 g/mol. The molecular formula is C17H26N4O. The molecule has 4 rings (SSSR count). The summed E-state index contributed by atoms with van der Waals surface area (Å²) in [6.07, 6.45) is 9.45. The molecule has 2 aliphatic heterocycles. The Kier molecular flexibility index (Phi) is 3.90. The van der Waals surface area contributed by atoms with Crippen molar-refractivity contribution in [3.63, 3.8) is 0 Å². The van der Waals surface area contributed by atoms with Crippen molar-refractivity contribution in [1.82, 2.24) is 15.3 Å². The van der Waals surface area contributed by atoms with Crippen molar-refractivity contribution < 1.29 is 4.74 Å². The van der Waals surface area contributed by atoms with Gasteiger partial charge in [-0.1, -0.05) is 12.8 Å². The van der Waals surface area contributed by atoms with Crippen molar-refractivity contribution in [3.05, 3.63) is 12.0 Å². The SMILES string of the molecule is COc1c(C2CCCC2)ncnc1N1C[C@H]2CCCN[C@H]2C1. The van der Waals surface area contributed by atoms with Gasteiger partial charge in [0, 0.05) is 25.0 Å². The number of hydrogen-bond acceptors (Lipinski definition) is 5. The maximum atomic E-state index is 5.77. The van der Waals surface area contributed by atoms with Gasteiger partial charge >= 0.3 is 0 Å². The van der Waals surface area contributed by atoms with E-state index >= 15 is 0 Å². The molecular weight excluding hydrogens is 276 g/mol. The van der Waals surface area contributed by atoms with E-state index in [0.29, 0.717) is 12.0 Å². The molecule has 5 heteroatoms. The third-order valence-electron chi connectivity index (χ3n) is 5.66. The Morgan fingerprint density at radius 3 is 2.77 bits per heavy atom. The van der Waals surface area contributed by atoms with Gasteiger partial charge in [0.15, 0.2) is 11.6 Å². The fourth-order valence-corrected chi connectivity index (χ4v) is 4.51. The van der Waals surface area contributed by atoms with Crippen LogP contribution in [0.3, 0.4) is 0 Å². The number of fused-ring (bicyclic) bond motifs is 1. The maximum absolute atomic E-state index is 5.77. The topological polar surface area (TPSA) is 50.3 Å². The maximum Gasteiger partial charge on any atom is 0.183 e. The van der Waals surface area contributed by atoms with Gasteiger partial charge in [0.1, 0.15) is 6.33 Å². The zero-order chi connectivity index (χ0) is 14.9. The molecule has 1 saturated carbocycles. The minimum absolute atomic E-state index is 0.555. The fourth-order valence-electron chi connectivity index (χ4n) is 4.51. The summed E-state index contributed by atoms with van der Waals surface area (Å²) >= 11 is 0. The van der Waals surface area contributed by atoms with Crippen molar-refractivity contribution >= 4 is 5.82 Å². The summed E-state index contributed by atoms with van der Waals surface area (Å²) in [5, 5.41) is 3.66. The van der Waals surface area contributed by atoms with Crippen molar-refractivity contribution in [1.29, 1.82) is 0 Å². The molecule has 0 bridgehead atoms. The second kappa shape index (κ2) is 6.03. The van der Waals surface area contributed by atoms with Crippen LogP contribution in [0.5, 0.6) is 5.75 Å². The number of piperidine rings is 1. The number of aromatic nitrogens is 2. The van der Waals surface area contributed by atoms with Crippen LogP contribution in [0, 0.1) is 5.92 Å². The largest absolute Gasteiger partial charge is 0.491 e. The van der Waals surface area contributed by atoms with Crippen LogP contribution < -0.4 is 15.0 Å². The molecule has 1 aromatic rings. The van der Waals surface area contributed by atoms with Gasteiger partial charge in [-0.3, -0.25) is 0 Å². The van der Waals surface area contributed by atoms with E-state index in [2.05, 4.69) is 20.2 Å². The Bertz CT molecular complexity index is 515. The minimum Gasteiger partial charge on any atom is -0.491 e. The van der Waals surface area contributed by atoms with Gasteiger partial charge in [0.25, 0.3) is 0 Å². The number of nitrogens with one attached hydrogen (secondary N) is 1. The fraction of sp³-hybridized carbons (Fsp3) is 0.765. The lowest BCUT2D eigenvalue weighted by molar-refractivity contribution is 0.340. The lowest BCUT2D eigenvalue weighted by atomic mass is 9.94. The van der Waals surface area contributed by atoms with Crippen molar-refractivity contribution in [2.24, 2.45) is 5.92 Å². The molecule has 22 heavy (non-hydrogen) atoms. The zero-order valence-corrected chi connectivity index (χ0v) is 13.4. The molecule has 0 amide bonds. The first kappa shape index (κ1) is 14.2. The molecule has 0 radical (unpaired) electrons. The van der Waals surface area contributed by atoms with Crippen LogP contribution in [0.1, 0.15) is 50.1 Å². The van der Waals surface area contributed by atoms with Crippen LogP contribution in [0.15, 0.2) is 6.33 Å². The number of rotatable bonds is 3. The Hall–Kier alpha value is -1.36. The first-order chi connectivity index (χ1) is 10.9. The molecule has 0 unspecified atom stereocenters. The first-order valence-corrected chi connectivity index (χ1v) is 8.74. The molecule has 1 aliphatic carbocycles. The van der Waals surface area contributed by atoms with Gasteiger partial charge in [-0.15, -0.1) is 0 Å². The molecule has 3 aliphatic rings. The normalized spacial score (nSPS) is 28.9. The van der Waals surface area contributed by atoms with E-state index in [1.165, 1.54) is 38.5 Å². The second-order valence-corrected chi connectivity index (χ2v) is 6.97. The van der Waals surface area contributed by atoms with E-state index in [0.717, 1.165) is 42.8 Å². The molecule has 3 fully saturated rings. The molecule has 1 aromatic heterocycles. The lowest BCUT2D eigenvalue weighted by Gasteiger charge is -2.24. The van der Waals surface area contributed by atoms with Crippen molar-refractivity contribution in [2.45, 2.75) is 50.5 Å². The number of methoxy groups -OCH3 is 1. The Labute approximate surface area is 132 Å². The molecule has 1 N–H and O–H groups in total. The highest BCUT2D eigenvalue weighted by atomic mass is 16.5. The predicted octanol–water partition coefficient (Wildman–Crippen LogP) is 2.33. The molecule has 0 aromatic carbocycles. The summed E-state index contributed by atoms with van der Waals surface area (Å²) in [5.41, 5.74) is 1.13. The van der Waals surface area contributed by atoms with E-state index < -0.39 is 0 Å². The number of hydrogen-bond donors (Lipinski definition) is 1. The highest BCUT2D eigenvalue weighted by Crippen LogP contribution is 2.41. The summed E-state index contributed by atoms with van der Waals surface area (Å²) in [6.45, 7) is 3.29. The van der Waals surface area contributed by atoms with Crippen LogP contribution in [0.4, 0.5) is 5.82 Å². The summed E-state index contributed by atoms with van der Waals surface area (Å²) in [7, 11) is 1.77. The van der Waals surface area contributed by atoms with Crippen LogP contribution in [-0.4, -0.2) is 42.8 Å². The highest BCUT2D eigenvalue weighted by Gasteiger charge is 2.36. The van der Waals surface area contributed by atoms with Gasteiger partial charge < -0.3 is 15.0 Å². The summed E-state index contributed by atoms with van der Waals surface area (Å²) in [6, 6.07) is 0.614. The molecule has 120 valence electrons. The van der Waals surface area contributed by atoms with Gasteiger partial charge in [-0.05, 0) is 38.1 Å². The quantitative estimate of drug-likeness (QED) is 0.928. The first-order valence-electron chi connectivity index (χ1n) is 8.74. The standard InChI is InChI=1S/C17H26N4O/c1-22-16-15(12-5-2-3-6-12)19-11-20-17(16)21-9-13-7-4-8-18-14(13)10-21/h11-14,18H,2-10H2,1H3/t13-,14+/m1/s1. The Balaban J connectivity index is 1.62. The molecule has 3 heterocycles. The summed E-state index contributed by atoms with van der Waals surface area (Å²) in [4.78, 5) is 11.6. The van der Waals surface area contributed by atoms with E-state index in [1.807, 2.05) is 0 Å². The number of nitrogens with zero attached hydrogens (tertiary/aromatic N) is 3. The smallest absolute Gasteiger partial charge is 0.183 e. The molecule has 0 spiro atoms. The van der Waals surface area contributed by atoms with E-state index in [9.17, 15) is 0 Å². The minimum atomic E-state index is 0.555. The van der Waals surface area contributed by atoms with E-state index in [-0.39, 0.29) is 0 Å². The van der Waals surface area contributed by atoms with Crippen LogP contribution in [-0.2, 0) is 0 Å². The van der Waals surface area contributed by atoms with Crippen LogP contribution in [0.25, 0.3) is 0 Å². The highest BCUT2D eigenvalue weighted by molar-refractivity contribution is 5.56. The van der Waals surface area contributed by atoms with Crippen molar-refractivity contribution in [3.8, 4) is 5.75 Å². The average molecular weight is 302 g/mol. The predicted molar refractivity (Wildman–Crippen MR) is 86.5 cm³/mol. The summed E-state index contributed by atoms with van der Waals surface area (Å²) in [5.74, 6) is 3.24. The third kappa shape index (κ3) is 2.45. The van der Waals surface area contributed by atoms with E-state index in [1.54, 1.807) is 13.4 Å². The van der Waals surface area contributed by atoms with Gasteiger partial charge in [-0.25, -0.2) is 9.97 Å². The van der Waals surface area contributed by atoms with Crippen LogP contribution in [0.2, 0.25) is 0 Å². The Morgan fingerprint density at radius 1 is 1.14 bits per heavy atom. The average Bonchev–Trinajstić information content (AvgIpc) is 3.23. The zero-order valence-electron chi connectivity index (χ0n) is 13.4. The second-order valence-electron chi connectivity index (χ2n) is 6.97. The van der Waals surface area contributed by atoms with Crippen molar-refractivity contribution in [2.75, 3.05) is 31.6 Å².